The molecule has 4 rings (SSSR count). The zero-order valence-corrected chi connectivity index (χ0v) is 17.2. The zero-order valence-electron chi connectivity index (χ0n) is 17.2. The van der Waals surface area contributed by atoms with Gasteiger partial charge in [-0.15, -0.1) is 0 Å². The molecular formula is C22H27F3N2O4. The number of esters is 1. The molecule has 1 aromatic carbocycles. The van der Waals surface area contributed by atoms with Gasteiger partial charge in [0.2, 0.25) is 0 Å². The maximum absolute atomic E-state index is 13.6. The Morgan fingerprint density at radius 1 is 1.16 bits per heavy atom. The Labute approximate surface area is 179 Å². The molecule has 170 valence electrons. The molecular weight excluding hydrogens is 413 g/mol. The third kappa shape index (κ3) is 5.50. The summed E-state index contributed by atoms with van der Waals surface area (Å²) in [5.41, 5.74) is 0.153. The van der Waals surface area contributed by atoms with Crippen molar-refractivity contribution >= 4 is 11.9 Å². The van der Waals surface area contributed by atoms with Crippen LogP contribution in [0.25, 0.3) is 0 Å². The first-order valence-corrected chi connectivity index (χ1v) is 10.8. The van der Waals surface area contributed by atoms with Crippen LogP contribution in [0.15, 0.2) is 18.2 Å². The van der Waals surface area contributed by atoms with Gasteiger partial charge in [-0.3, -0.25) is 14.5 Å². The number of alkyl halides is 2. The minimum atomic E-state index is -3.09. The van der Waals surface area contributed by atoms with Gasteiger partial charge < -0.3 is 14.8 Å². The van der Waals surface area contributed by atoms with E-state index >= 15 is 0 Å². The number of hydrogen-bond acceptors (Lipinski definition) is 5. The minimum absolute atomic E-state index is 0.0553. The summed E-state index contributed by atoms with van der Waals surface area (Å²) in [5, 5.41) is 2.74. The smallest absolute Gasteiger partial charge is 0.387 e. The molecule has 0 bridgehead atoms. The van der Waals surface area contributed by atoms with Crippen LogP contribution in [0.2, 0.25) is 0 Å². The average molecular weight is 440 g/mol. The van der Waals surface area contributed by atoms with E-state index in [1.807, 2.05) is 0 Å². The van der Waals surface area contributed by atoms with Crippen LogP contribution in [-0.4, -0.2) is 55.7 Å². The van der Waals surface area contributed by atoms with E-state index in [4.69, 9.17) is 4.74 Å². The molecule has 0 atom stereocenters. The SMILES string of the molecule is O=C(CN1CC2(CC(CNC(=O)c3cc(F)cc(OC(F)F)c3)C2)C1)OC1CCCC1. The molecule has 1 spiro atoms. The highest BCUT2D eigenvalue weighted by molar-refractivity contribution is 5.94. The van der Waals surface area contributed by atoms with Crippen molar-refractivity contribution < 1.29 is 32.2 Å². The molecule has 1 N–H and O–H groups in total. The molecule has 0 radical (unpaired) electrons. The first-order chi connectivity index (χ1) is 14.8. The molecule has 1 aliphatic heterocycles. The number of likely N-dealkylation sites (tertiary alicyclic amines) is 1. The van der Waals surface area contributed by atoms with Gasteiger partial charge in [0.15, 0.2) is 0 Å². The number of carbonyl (C=O) groups excluding carboxylic acids is 2. The van der Waals surface area contributed by atoms with Crippen molar-refractivity contribution in [2.45, 2.75) is 51.2 Å². The van der Waals surface area contributed by atoms with Gasteiger partial charge in [-0.05, 0) is 62.0 Å². The molecule has 1 amide bonds. The fourth-order valence-electron chi connectivity index (χ4n) is 5.20. The fraction of sp³-hybridized carbons (Fsp3) is 0.636. The first-order valence-electron chi connectivity index (χ1n) is 10.8. The van der Waals surface area contributed by atoms with Gasteiger partial charge in [0.25, 0.3) is 5.91 Å². The molecule has 2 saturated carbocycles. The third-order valence-corrected chi connectivity index (χ3v) is 6.42. The molecule has 6 nitrogen and oxygen atoms in total. The summed E-state index contributed by atoms with van der Waals surface area (Å²) in [5.74, 6) is -1.56. The topological polar surface area (TPSA) is 67.9 Å². The summed E-state index contributed by atoms with van der Waals surface area (Å²) in [7, 11) is 0. The minimum Gasteiger partial charge on any atom is -0.461 e. The monoisotopic (exact) mass is 440 g/mol. The van der Waals surface area contributed by atoms with E-state index in [2.05, 4.69) is 15.0 Å². The van der Waals surface area contributed by atoms with Crippen LogP contribution in [0.4, 0.5) is 13.2 Å². The van der Waals surface area contributed by atoms with Gasteiger partial charge in [-0.25, -0.2) is 4.39 Å². The van der Waals surface area contributed by atoms with Gasteiger partial charge in [-0.1, -0.05) is 0 Å². The number of halogens is 3. The summed E-state index contributed by atoms with van der Waals surface area (Å²) in [6.45, 7) is -0.602. The molecule has 31 heavy (non-hydrogen) atoms. The lowest BCUT2D eigenvalue weighted by atomic mass is 9.57. The predicted octanol–water partition coefficient (Wildman–Crippen LogP) is 3.35. The van der Waals surface area contributed by atoms with Crippen molar-refractivity contribution in [1.29, 1.82) is 0 Å². The van der Waals surface area contributed by atoms with Crippen molar-refractivity contribution in [3.05, 3.63) is 29.6 Å². The second-order valence-corrected chi connectivity index (χ2v) is 9.08. The highest BCUT2D eigenvalue weighted by Gasteiger charge is 2.52. The number of hydrogen-bond donors (Lipinski definition) is 1. The fourth-order valence-corrected chi connectivity index (χ4v) is 5.20. The van der Waals surface area contributed by atoms with E-state index in [-0.39, 0.29) is 28.8 Å². The number of ether oxygens (including phenoxy) is 2. The Bertz CT molecular complexity index is 815. The summed E-state index contributed by atoms with van der Waals surface area (Å²) < 4.78 is 47.9. The first kappa shape index (κ1) is 21.9. The maximum atomic E-state index is 13.6. The molecule has 3 aliphatic rings. The lowest BCUT2D eigenvalue weighted by Crippen LogP contribution is -2.64. The standard InChI is InChI=1S/C22H27F3N2O4/c23-16-5-15(6-18(7-16)31-21(24)25)20(29)26-10-14-8-22(9-14)12-27(13-22)11-19(28)30-17-3-1-2-4-17/h5-7,14,17,21H,1-4,8-13H2,(H,26,29). The van der Waals surface area contributed by atoms with Gasteiger partial charge >= 0.3 is 12.6 Å². The second kappa shape index (κ2) is 9.06. The van der Waals surface area contributed by atoms with Crippen LogP contribution in [0.3, 0.4) is 0 Å². The van der Waals surface area contributed by atoms with Gasteiger partial charge in [0.05, 0.1) is 6.54 Å². The van der Waals surface area contributed by atoms with E-state index in [1.54, 1.807) is 0 Å². The van der Waals surface area contributed by atoms with Gasteiger partial charge in [-0.2, -0.15) is 8.78 Å². The highest BCUT2D eigenvalue weighted by Crippen LogP contribution is 2.51. The molecule has 0 unspecified atom stereocenters. The van der Waals surface area contributed by atoms with Gasteiger partial charge in [0.1, 0.15) is 17.7 Å². The van der Waals surface area contributed by atoms with Gasteiger partial charge in [0, 0.05) is 31.3 Å². The molecule has 2 aliphatic carbocycles. The number of nitrogens with one attached hydrogen (secondary N) is 1. The maximum Gasteiger partial charge on any atom is 0.387 e. The van der Waals surface area contributed by atoms with Crippen LogP contribution in [-0.2, 0) is 9.53 Å². The largest absolute Gasteiger partial charge is 0.461 e. The Kier molecular flexibility index (Phi) is 6.41. The number of rotatable bonds is 8. The van der Waals surface area contributed by atoms with Crippen molar-refractivity contribution in [3.8, 4) is 5.75 Å². The number of benzene rings is 1. The molecule has 3 fully saturated rings. The summed E-state index contributed by atoms with van der Waals surface area (Å²) in [6, 6.07) is 2.90. The molecule has 9 heteroatoms. The Morgan fingerprint density at radius 2 is 1.87 bits per heavy atom. The summed E-state index contributed by atoms with van der Waals surface area (Å²) in [4.78, 5) is 26.4. The normalized spacial score (nSPS) is 21.0. The van der Waals surface area contributed by atoms with E-state index in [0.29, 0.717) is 19.0 Å². The van der Waals surface area contributed by atoms with Crippen LogP contribution < -0.4 is 10.1 Å². The lowest BCUT2D eigenvalue weighted by Gasteiger charge is -2.59. The Hall–Kier alpha value is -2.29. The zero-order chi connectivity index (χ0) is 22.0. The quantitative estimate of drug-likeness (QED) is 0.628. The van der Waals surface area contributed by atoms with Crippen molar-refractivity contribution in [3.63, 3.8) is 0 Å². The molecule has 1 saturated heterocycles. The molecule has 1 heterocycles. The summed E-state index contributed by atoms with van der Waals surface area (Å²) >= 11 is 0. The highest BCUT2D eigenvalue weighted by atomic mass is 19.3. The molecule has 1 aromatic rings. The number of amides is 1. The van der Waals surface area contributed by atoms with Crippen molar-refractivity contribution in [2.24, 2.45) is 11.3 Å². The van der Waals surface area contributed by atoms with Crippen molar-refractivity contribution in [1.82, 2.24) is 10.2 Å². The predicted molar refractivity (Wildman–Crippen MR) is 105 cm³/mol. The third-order valence-electron chi connectivity index (χ3n) is 6.42. The Balaban J connectivity index is 1.15. The Morgan fingerprint density at radius 3 is 2.55 bits per heavy atom. The summed E-state index contributed by atoms with van der Waals surface area (Å²) in [6.07, 6.45) is 6.20. The van der Waals surface area contributed by atoms with Crippen LogP contribution in [0.1, 0.15) is 48.9 Å². The number of carbonyl (C=O) groups is 2. The average Bonchev–Trinajstić information content (AvgIpc) is 3.13. The van der Waals surface area contributed by atoms with Crippen LogP contribution >= 0.6 is 0 Å². The van der Waals surface area contributed by atoms with Crippen LogP contribution in [0, 0.1) is 17.2 Å². The molecule has 0 aromatic heterocycles. The van der Waals surface area contributed by atoms with E-state index < -0.39 is 18.3 Å². The van der Waals surface area contributed by atoms with E-state index in [0.717, 1.165) is 69.8 Å². The van der Waals surface area contributed by atoms with E-state index in [9.17, 15) is 22.8 Å². The number of nitrogens with zero attached hydrogens (tertiary/aromatic N) is 1. The lowest BCUT2D eigenvalue weighted by molar-refractivity contribution is -0.158. The second-order valence-electron chi connectivity index (χ2n) is 9.08. The van der Waals surface area contributed by atoms with E-state index in [1.165, 1.54) is 0 Å². The van der Waals surface area contributed by atoms with Crippen LogP contribution in [0.5, 0.6) is 5.75 Å². The van der Waals surface area contributed by atoms with Crippen molar-refractivity contribution in [2.75, 3.05) is 26.2 Å².